The van der Waals surface area contributed by atoms with Gasteiger partial charge in [0.1, 0.15) is 0 Å². The number of carbonyl (C=O) groups is 1. The van der Waals surface area contributed by atoms with Crippen molar-refractivity contribution in [2.75, 3.05) is 5.73 Å². The van der Waals surface area contributed by atoms with Crippen LogP contribution >= 0.6 is 0 Å². The number of nitrogens with two attached hydrogens (primary N) is 2. The fourth-order valence-electron chi connectivity index (χ4n) is 1.04. The van der Waals surface area contributed by atoms with Gasteiger partial charge in [-0.15, -0.1) is 0 Å². The molecule has 0 saturated carbocycles. The molecule has 76 valence electrons. The lowest BCUT2D eigenvalue weighted by Gasteiger charge is -2.09. The van der Waals surface area contributed by atoms with E-state index in [2.05, 4.69) is 5.32 Å². The summed E-state index contributed by atoms with van der Waals surface area (Å²) in [6.45, 7) is 2.07. The van der Waals surface area contributed by atoms with Crippen LogP contribution in [0.25, 0.3) is 0 Å². The van der Waals surface area contributed by atoms with E-state index >= 15 is 0 Å². The van der Waals surface area contributed by atoms with Gasteiger partial charge < -0.3 is 16.8 Å². The summed E-state index contributed by atoms with van der Waals surface area (Å²) < 4.78 is 0. The van der Waals surface area contributed by atoms with Crippen molar-refractivity contribution in [1.82, 2.24) is 5.32 Å². The molecule has 0 aliphatic heterocycles. The molecule has 1 atom stereocenters. The first-order chi connectivity index (χ1) is 6.61. The SMILES string of the molecule is CC(N)C(=O)NCc1ccccc1N. The van der Waals surface area contributed by atoms with Crippen molar-refractivity contribution in [1.29, 1.82) is 0 Å². The second kappa shape index (κ2) is 4.62. The Morgan fingerprint density at radius 1 is 1.50 bits per heavy atom. The second-order valence-electron chi connectivity index (χ2n) is 3.21. The first kappa shape index (κ1) is 10.5. The van der Waals surface area contributed by atoms with E-state index in [1.165, 1.54) is 0 Å². The van der Waals surface area contributed by atoms with Gasteiger partial charge >= 0.3 is 0 Å². The summed E-state index contributed by atoms with van der Waals surface area (Å²) in [5, 5.41) is 2.70. The van der Waals surface area contributed by atoms with Gasteiger partial charge in [-0.25, -0.2) is 0 Å². The number of hydrogen-bond donors (Lipinski definition) is 3. The molecular formula is C10H15N3O. The highest BCUT2D eigenvalue weighted by molar-refractivity contribution is 5.81. The highest BCUT2D eigenvalue weighted by atomic mass is 16.2. The Morgan fingerprint density at radius 2 is 2.14 bits per heavy atom. The summed E-state index contributed by atoms with van der Waals surface area (Å²) in [5.41, 5.74) is 12.7. The number of amides is 1. The van der Waals surface area contributed by atoms with Crippen molar-refractivity contribution in [3.8, 4) is 0 Å². The number of carbonyl (C=O) groups excluding carboxylic acids is 1. The van der Waals surface area contributed by atoms with Gasteiger partial charge in [-0.1, -0.05) is 18.2 Å². The molecule has 4 nitrogen and oxygen atoms in total. The second-order valence-corrected chi connectivity index (χ2v) is 3.21. The summed E-state index contributed by atoms with van der Waals surface area (Å²) >= 11 is 0. The number of nitrogen functional groups attached to an aromatic ring is 1. The van der Waals surface area contributed by atoms with Crippen LogP contribution in [0.1, 0.15) is 12.5 Å². The largest absolute Gasteiger partial charge is 0.398 e. The van der Waals surface area contributed by atoms with E-state index in [1.807, 2.05) is 18.2 Å². The molecule has 1 amide bonds. The monoisotopic (exact) mass is 193 g/mol. The van der Waals surface area contributed by atoms with Crippen molar-refractivity contribution in [3.63, 3.8) is 0 Å². The average Bonchev–Trinajstić information content (AvgIpc) is 2.16. The topological polar surface area (TPSA) is 81.1 Å². The lowest BCUT2D eigenvalue weighted by atomic mass is 10.2. The smallest absolute Gasteiger partial charge is 0.236 e. The zero-order valence-electron chi connectivity index (χ0n) is 8.16. The Bertz CT molecular complexity index is 323. The molecular weight excluding hydrogens is 178 g/mol. The van der Waals surface area contributed by atoms with E-state index in [9.17, 15) is 4.79 Å². The van der Waals surface area contributed by atoms with Gasteiger partial charge in [-0.2, -0.15) is 0 Å². The normalized spacial score (nSPS) is 12.1. The minimum Gasteiger partial charge on any atom is -0.398 e. The van der Waals surface area contributed by atoms with E-state index in [4.69, 9.17) is 11.5 Å². The first-order valence-electron chi connectivity index (χ1n) is 4.48. The van der Waals surface area contributed by atoms with Crippen LogP contribution < -0.4 is 16.8 Å². The van der Waals surface area contributed by atoms with Crippen LogP contribution in [-0.4, -0.2) is 11.9 Å². The summed E-state index contributed by atoms with van der Waals surface area (Å²) in [6, 6.07) is 6.92. The summed E-state index contributed by atoms with van der Waals surface area (Å²) in [5.74, 6) is -0.173. The predicted octanol–water partition coefficient (Wildman–Crippen LogP) is 0.232. The van der Waals surface area contributed by atoms with Crippen LogP contribution in [0, 0.1) is 0 Å². The lowest BCUT2D eigenvalue weighted by Crippen LogP contribution is -2.37. The van der Waals surface area contributed by atoms with Gasteiger partial charge in [0, 0.05) is 12.2 Å². The molecule has 0 spiro atoms. The molecule has 0 fully saturated rings. The van der Waals surface area contributed by atoms with E-state index in [0.717, 1.165) is 5.56 Å². The lowest BCUT2D eigenvalue weighted by molar-refractivity contribution is -0.122. The summed E-state index contributed by atoms with van der Waals surface area (Å²) in [4.78, 5) is 11.2. The highest BCUT2D eigenvalue weighted by Gasteiger charge is 2.06. The fraction of sp³-hybridized carbons (Fsp3) is 0.300. The molecule has 0 radical (unpaired) electrons. The summed E-state index contributed by atoms with van der Waals surface area (Å²) in [6.07, 6.45) is 0. The van der Waals surface area contributed by atoms with Crippen LogP contribution in [0.2, 0.25) is 0 Å². The highest BCUT2D eigenvalue weighted by Crippen LogP contribution is 2.09. The number of benzene rings is 1. The molecule has 1 rings (SSSR count). The molecule has 4 heteroatoms. The molecule has 1 aromatic carbocycles. The van der Waals surface area contributed by atoms with Crippen LogP contribution in [-0.2, 0) is 11.3 Å². The van der Waals surface area contributed by atoms with Gasteiger partial charge in [0.15, 0.2) is 0 Å². The maximum atomic E-state index is 11.2. The third-order valence-electron chi connectivity index (χ3n) is 1.92. The van der Waals surface area contributed by atoms with Crippen LogP contribution in [0.4, 0.5) is 5.69 Å². The van der Waals surface area contributed by atoms with Gasteiger partial charge in [-0.3, -0.25) is 4.79 Å². The van der Waals surface area contributed by atoms with E-state index in [1.54, 1.807) is 13.0 Å². The maximum absolute atomic E-state index is 11.2. The minimum absolute atomic E-state index is 0.173. The molecule has 0 bridgehead atoms. The van der Waals surface area contributed by atoms with Gasteiger partial charge in [0.2, 0.25) is 5.91 Å². The van der Waals surface area contributed by atoms with E-state index in [-0.39, 0.29) is 5.91 Å². The Labute approximate surface area is 83.3 Å². The number of hydrogen-bond acceptors (Lipinski definition) is 3. The molecule has 0 saturated heterocycles. The third kappa shape index (κ3) is 2.74. The molecule has 0 heterocycles. The average molecular weight is 193 g/mol. The molecule has 1 unspecified atom stereocenters. The number of anilines is 1. The Balaban J connectivity index is 2.54. The van der Waals surface area contributed by atoms with Gasteiger partial charge in [-0.05, 0) is 18.6 Å². The molecule has 1 aromatic rings. The van der Waals surface area contributed by atoms with Crippen LogP contribution in [0.5, 0.6) is 0 Å². The number of nitrogens with one attached hydrogen (secondary N) is 1. The van der Waals surface area contributed by atoms with Crippen molar-refractivity contribution in [3.05, 3.63) is 29.8 Å². The molecule has 0 aliphatic rings. The zero-order valence-corrected chi connectivity index (χ0v) is 8.16. The van der Waals surface area contributed by atoms with Gasteiger partial charge in [0.25, 0.3) is 0 Å². The van der Waals surface area contributed by atoms with Crippen molar-refractivity contribution in [2.45, 2.75) is 19.5 Å². The summed E-state index contributed by atoms with van der Waals surface area (Å²) in [7, 11) is 0. The first-order valence-corrected chi connectivity index (χ1v) is 4.48. The van der Waals surface area contributed by atoms with Gasteiger partial charge in [0.05, 0.1) is 6.04 Å². The van der Waals surface area contributed by atoms with E-state index in [0.29, 0.717) is 12.2 Å². The zero-order chi connectivity index (χ0) is 10.6. The standard InChI is InChI=1S/C10H15N3O/c1-7(11)10(14)13-6-8-4-2-3-5-9(8)12/h2-5,7H,6,11-12H2,1H3,(H,13,14). The predicted molar refractivity (Wildman–Crippen MR) is 56.4 cm³/mol. The number of para-hydroxylation sites is 1. The molecule has 0 aromatic heterocycles. The van der Waals surface area contributed by atoms with E-state index < -0.39 is 6.04 Å². The Morgan fingerprint density at radius 3 is 2.71 bits per heavy atom. The van der Waals surface area contributed by atoms with Crippen molar-refractivity contribution >= 4 is 11.6 Å². The third-order valence-corrected chi connectivity index (χ3v) is 1.92. The van der Waals surface area contributed by atoms with Crippen molar-refractivity contribution < 1.29 is 4.79 Å². The Kier molecular flexibility index (Phi) is 3.48. The number of rotatable bonds is 3. The van der Waals surface area contributed by atoms with Crippen molar-refractivity contribution in [2.24, 2.45) is 5.73 Å². The van der Waals surface area contributed by atoms with Crippen LogP contribution in [0.3, 0.4) is 0 Å². The van der Waals surface area contributed by atoms with Crippen LogP contribution in [0.15, 0.2) is 24.3 Å². The molecule has 5 N–H and O–H groups in total. The maximum Gasteiger partial charge on any atom is 0.236 e. The Hall–Kier alpha value is -1.55. The fourth-order valence-corrected chi connectivity index (χ4v) is 1.04. The molecule has 14 heavy (non-hydrogen) atoms. The quantitative estimate of drug-likeness (QED) is 0.601. The minimum atomic E-state index is -0.486. The molecule has 0 aliphatic carbocycles.